The smallest absolute Gasteiger partial charge is 0.00686 e. The second-order valence-corrected chi connectivity index (χ2v) is 2.37. The zero-order chi connectivity index (χ0) is 4.50. The van der Waals surface area contributed by atoms with E-state index in [-0.39, 0.29) is 26.0 Å². The van der Waals surface area contributed by atoms with E-state index in [1.807, 2.05) is 20.8 Å². The van der Waals surface area contributed by atoms with Gasteiger partial charge in [0.1, 0.15) is 0 Å². The van der Waals surface area contributed by atoms with Crippen molar-refractivity contribution >= 4 is 0 Å². The number of rotatable bonds is 0. The molecule has 0 atom stereocenters. The molecule has 0 saturated carbocycles. The molecule has 42 valence electrons. The van der Waals surface area contributed by atoms with Crippen LogP contribution < -0.4 is 5.73 Å². The Morgan fingerprint density at radius 1 is 1.17 bits per heavy atom. The van der Waals surface area contributed by atoms with Crippen LogP contribution in [0.1, 0.15) is 20.8 Å². The first-order valence-electron chi connectivity index (χ1n) is 1.79. The van der Waals surface area contributed by atoms with E-state index in [0.717, 1.165) is 0 Å². The molecule has 0 amide bonds. The SMILES string of the molecule is CC(C)(C)N.[Pd]. The number of nitrogens with two attached hydrogens (primary N) is 1. The molecule has 0 aliphatic heterocycles. The Bertz CT molecular complexity index is 23.0. The quantitative estimate of drug-likeness (QED) is 0.546. The van der Waals surface area contributed by atoms with Gasteiger partial charge in [-0.25, -0.2) is 0 Å². The van der Waals surface area contributed by atoms with E-state index in [4.69, 9.17) is 5.73 Å². The molecule has 1 nitrogen and oxygen atoms in total. The van der Waals surface area contributed by atoms with E-state index in [2.05, 4.69) is 0 Å². The summed E-state index contributed by atoms with van der Waals surface area (Å²) >= 11 is 0. The summed E-state index contributed by atoms with van der Waals surface area (Å²) in [6, 6.07) is 0. The second kappa shape index (κ2) is 2.74. The van der Waals surface area contributed by atoms with E-state index in [9.17, 15) is 0 Å². The first-order chi connectivity index (χ1) is 2.00. The van der Waals surface area contributed by atoms with Gasteiger partial charge in [0.2, 0.25) is 0 Å². The van der Waals surface area contributed by atoms with Gasteiger partial charge in [0, 0.05) is 26.0 Å². The Labute approximate surface area is 53.0 Å². The maximum absolute atomic E-state index is 5.35. The summed E-state index contributed by atoms with van der Waals surface area (Å²) < 4.78 is 0. The van der Waals surface area contributed by atoms with Crippen LogP contribution in [0.3, 0.4) is 0 Å². The summed E-state index contributed by atoms with van der Waals surface area (Å²) in [6.07, 6.45) is 0. The van der Waals surface area contributed by atoms with E-state index >= 15 is 0 Å². The van der Waals surface area contributed by atoms with Gasteiger partial charge in [-0.2, -0.15) is 0 Å². The maximum Gasteiger partial charge on any atom is 0.00686 e. The van der Waals surface area contributed by atoms with Gasteiger partial charge in [0.25, 0.3) is 0 Å². The predicted octanol–water partition coefficient (Wildman–Crippen LogP) is 0.741. The molecule has 0 aromatic rings. The van der Waals surface area contributed by atoms with Gasteiger partial charge in [0.15, 0.2) is 0 Å². The standard InChI is InChI=1S/C4H11N.Pd/c1-4(2,3)5;/h5H2,1-3H3;. The molecule has 0 aliphatic rings. The van der Waals surface area contributed by atoms with Gasteiger partial charge >= 0.3 is 0 Å². The molecule has 0 aromatic carbocycles. The van der Waals surface area contributed by atoms with Crippen LogP contribution in [0.2, 0.25) is 0 Å². The molecular weight excluding hydrogens is 168 g/mol. The molecule has 6 heavy (non-hydrogen) atoms. The van der Waals surface area contributed by atoms with Crippen LogP contribution in [-0.2, 0) is 20.4 Å². The van der Waals surface area contributed by atoms with E-state index in [0.29, 0.717) is 0 Å². The molecule has 0 radical (unpaired) electrons. The first kappa shape index (κ1) is 9.80. The van der Waals surface area contributed by atoms with Crippen molar-refractivity contribution in [1.82, 2.24) is 0 Å². The van der Waals surface area contributed by atoms with Gasteiger partial charge < -0.3 is 5.73 Å². The van der Waals surface area contributed by atoms with E-state index in [1.54, 1.807) is 0 Å². The van der Waals surface area contributed by atoms with Gasteiger partial charge in [-0.3, -0.25) is 0 Å². The minimum absolute atomic E-state index is 0. The summed E-state index contributed by atoms with van der Waals surface area (Å²) in [6.45, 7) is 5.90. The molecule has 0 rings (SSSR count). The minimum atomic E-state index is 0. The van der Waals surface area contributed by atoms with Crippen LogP contribution in [0.5, 0.6) is 0 Å². The molecule has 0 bridgehead atoms. The summed E-state index contributed by atoms with van der Waals surface area (Å²) in [5, 5.41) is 0. The number of hydrogen-bond donors (Lipinski definition) is 1. The molecular formula is C4H11NPd. The fourth-order valence-electron chi connectivity index (χ4n) is 0. The molecule has 0 heterocycles. The van der Waals surface area contributed by atoms with Crippen molar-refractivity contribution in [3.63, 3.8) is 0 Å². The van der Waals surface area contributed by atoms with Crippen LogP contribution in [0.25, 0.3) is 0 Å². The molecule has 0 aromatic heterocycles. The molecule has 0 saturated heterocycles. The Kier molecular flexibility index (Phi) is 4.47. The third-order valence-electron chi connectivity index (χ3n) is 0. The van der Waals surface area contributed by atoms with Gasteiger partial charge in [-0.05, 0) is 20.8 Å². The van der Waals surface area contributed by atoms with Crippen LogP contribution >= 0.6 is 0 Å². The van der Waals surface area contributed by atoms with Crippen molar-refractivity contribution in [3.8, 4) is 0 Å². The topological polar surface area (TPSA) is 26.0 Å². The molecule has 2 N–H and O–H groups in total. The van der Waals surface area contributed by atoms with Crippen LogP contribution in [0.4, 0.5) is 0 Å². The molecule has 0 spiro atoms. The largest absolute Gasteiger partial charge is 0.326 e. The second-order valence-electron chi connectivity index (χ2n) is 2.37. The maximum atomic E-state index is 5.35. The van der Waals surface area contributed by atoms with Gasteiger partial charge in [-0.1, -0.05) is 0 Å². The third kappa shape index (κ3) is 157. The molecule has 0 unspecified atom stereocenters. The van der Waals surface area contributed by atoms with Crippen molar-refractivity contribution < 1.29 is 20.4 Å². The Balaban J connectivity index is 0. The summed E-state index contributed by atoms with van der Waals surface area (Å²) in [5.74, 6) is 0. The van der Waals surface area contributed by atoms with Crippen LogP contribution in [0.15, 0.2) is 0 Å². The van der Waals surface area contributed by atoms with Gasteiger partial charge in [0.05, 0.1) is 0 Å². The minimum Gasteiger partial charge on any atom is -0.326 e. The average Bonchev–Trinajstić information content (AvgIpc) is 0.722. The normalized spacial score (nSPS) is 10.0. The van der Waals surface area contributed by atoms with Crippen LogP contribution in [-0.4, -0.2) is 5.54 Å². The molecule has 2 heteroatoms. The Morgan fingerprint density at radius 3 is 1.17 bits per heavy atom. The first-order valence-corrected chi connectivity index (χ1v) is 1.79. The Hall–Kier alpha value is 0.622. The fraction of sp³-hybridized carbons (Fsp3) is 1.00. The summed E-state index contributed by atoms with van der Waals surface area (Å²) in [4.78, 5) is 0. The van der Waals surface area contributed by atoms with Crippen molar-refractivity contribution in [2.45, 2.75) is 26.3 Å². The number of hydrogen-bond acceptors (Lipinski definition) is 1. The zero-order valence-corrected chi connectivity index (χ0v) is 5.95. The zero-order valence-electron chi connectivity index (χ0n) is 4.39. The van der Waals surface area contributed by atoms with Crippen molar-refractivity contribution in [1.29, 1.82) is 0 Å². The van der Waals surface area contributed by atoms with Gasteiger partial charge in [-0.15, -0.1) is 0 Å². The van der Waals surface area contributed by atoms with Crippen molar-refractivity contribution in [2.24, 2.45) is 5.73 Å². The van der Waals surface area contributed by atoms with Crippen LogP contribution in [0, 0.1) is 0 Å². The Morgan fingerprint density at radius 2 is 1.17 bits per heavy atom. The summed E-state index contributed by atoms with van der Waals surface area (Å²) in [5.41, 5.74) is 5.35. The van der Waals surface area contributed by atoms with E-state index in [1.165, 1.54) is 0 Å². The van der Waals surface area contributed by atoms with E-state index < -0.39 is 0 Å². The predicted molar refractivity (Wildman–Crippen MR) is 23.9 cm³/mol. The molecule has 0 fully saturated rings. The van der Waals surface area contributed by atoms with Crippen molar-refractivity contribution in [2.75, 3.05) is 0 Å². The van der Waals surface area contributed by atoms with Crippen molar-refractivity contribution in [3.05, 3.63) is 0 Å². The average molecular weight is 180 g/mol. The fourth-order valence-corrected chi connectivity index (χ4v) is 0. The monoisotopic (exact) mass is 179 g/mol. The molecule has 0 aliphatic carbocycles. The third-order valence-corrected chi connectivity index (χ3v) is 0. The summed E-state index contributed by atoms with van der Waals surface area (Å²) in [7, 11) is 0.